The molecule has 5 nitrogen and oxygen atoms in total. The van der Waals surface area contributed by atoms with E-state index in [2.05, 4.69) is 12.0 Å². The Kier molecular flexibility index (Phi) is 5.91. The zero-order chi connectivity index (χ0) is 19.4. The highest BCUT2D eigenvalue weighted by Crippen LogP contribution is 2.19. The topological polar surface area (TPSA) is 55.2 Å². The molecule has 0 saturated carbocycles. The van der Waals surface area contributed by atoms with Crippen molar-refractivity contribution >= 4 is 28.3 Å². The summed E-state index contributed by atoms with van der Waals surface area (Å²) in [7, 11) is 1.71. The van der Waals surface area contributed by atoms with E-state index in [4.69, 9.17) is 11.6 Å². The van der Waals surface area contributed by atoms with Gasteiger partial charge in [0.25, 0.3) is 11.5 Å². The zero-order valence-corrected chi connectivity index (χ0v) is 16.2. The number of hydrogen-bond donors (Lipinski definition) is 0. The quantitative estimate of drug-likeness (QED) is 0.643. The lowest BCUT2D eigenvalue weighted by atomic mass is 10.1. The molecular weight excluding hydrogens is 362 g/mol. The van der Waals surface area contributed by atoms with Gasteiger partial charge in [0.05, 0.1) is 5.39 Å². The van der Waals surface area contributed by atoms with E-state index in [1.54, 1.807) is 36.2 Å². The minimum Gasteiger partial charge on any atom is -0.336 e. The first-order chi connectivity index (χ1) is 13.0. The zero-order valence-electron chi connectivity index (χ0n) is 15.5. The van der Waals surface area contributed by atoms with Gasteiger partial charge in [0.2, 0.25) is 0 Å². The molecule has 0 aliphatic heterocycles. The lowest BCUT2D eigenvalue weighted by Gasteiger charge is -2.19. The first-order valence-electron chi connectivity index (χ1n) is 9.01. The van der Waals surface area contributed by atoms with E-state index < -0.39 is 0 Å². The molecule has 0 fully saturated rings. The Bertz CT molecular complexity index is 1030. The third-order valence-electron chi connectivity index (χ3n) is 4.51. The van der Waals surface area contributed by atoms with Crippen LogP contribution in [0.1, 0.15) is 35.8 Å². The summed E-state index contributed by atoms with van der Waals surface area (Å²) in [6.45, 7) is 2.91. The first kappa shape index (κ1) is 19.1. The molecule has 3 aromatic rings. The normalized spacial score (nSPS) is 10.9. The van der Waals surface area contributed by atoms with Crippen molar-refractivity contribution in [3.05, 3.63) is 75.2 Å². The summed E-state index contributed by atoms with van der Waals surface area (Å²) in [5.74, 6) is -0.239. The molecule has 0 saturated heterocycles. The Morgan fingerprint density at radius 2 is 1.78 bits per heavy atom. The first-order valence-corrected chi connectivity index (χ1v) is 9.39. The molecule has 0 aliphatic rings. The number of unbranched alkanes of at least 4 members (excludes halogenated alkanes) is 1. The maximum Gasteiger partial charge on any atom is 0.274 e. The number of benzene rings is 2. The van der Waals surface area contributed by atoms with Crippen LogP contribution in [-0.4, -0.2) is 27.6 Å². The fourth-order valence-electron chi connectivity index (χ4n) is 2.99. The van der Waals surface area contributed by atoms with Crippen molar-refractivity contribution in [2.45, 2.75) is 32.9 Å². The molecule has 2 aromatic carbocycles. The number of carbonyl (C=O) groups excluding carboxylic acids is 1. The molecule has 1 aromatic heterocycles. The van der Waals surface area contributed by atoms with Gasteiger partial charge in [-0.15, -0.1) is 0 Å². The van der Waals surface area contributed by atoms with Crippen LogP contribution >= 0.6 is 11.6 Å². The Morgan fingerprint density at radius 3 is 2.48 bits per heavy atom. The predicted octanol–water partition coefficient (Wildman–Crippen LogP) is 4.12. The molecule has 140 valence electrons. The molecule has 0 N–H and O–H groups in total. The molecule has 27 heavy (non-hydrogen) atoms. The van der Waals surface area contributed by atoms with Crippen molar-refractivity contribution in [2.24, 2.45) is 0 Å². The van der Waals surface area contributed by atoms with Crippen LogP contribution in [-0.2, 0) is 13.1 Å². The van der Waals surface area contributed by atoms with E-state index in [-0.39, 0.29) is 17.2 Å². The second-order valence-electron chi connectivity index (χ2n) is 6.53. The number of amides is 1. The molecule has 0 spiro atoms. The van der Waals surface area contributed by atoms with Gasteiger partial charge in [-0.1, -0.05) is 61.3 Å². The maximum absolute atomic E-state index is 13.1. The number of halogens is 1. The number of aryl methyl sites for hydroxylation is 1. The standard InChI is InChI=1S/C21H22ClN3O2/c1-3-4-13-25-20(26)17-11-7-6-10-16(17)19(23-25)21(27)24(2)14-15-9-5-8-12-18(15)22/h5-12H,3-4,13-14H2,1-2H3. The average molecular weight is 384 g/mol. The molecule has 6 heteroatoms. The molecule has 1 heterocycles. The van der Waals surface area contributed by atoms with E-state index in [0.717, 1.165) is 18.4 Å². The van der Waals surface area contributed by atoms with Gasteiger partial charge in [0.15, 0.2) is 5.69 Å². The van der Waals surface area contributed by atoms with Crippen LogP contribution in [0.15, 0.2) is 53.3 Å². The van der Waals surface area contributed by atoms with Crippen LogP contribution in [0.4, 0.5) is 0 Å². The van der Waals surface area contributed by atoms with Crippen LogP contribution in [0.5, 0.6) is 0 Å². The maximum atomic E-state index is 13.1. The molecule has 3 rings (SSSR count). The van der Waals surface area contributed by atoms with Gasteiger partial charge >= 0.3 is 0 Å². The minimum absolute atomic E-state index is 0.163. The van der Waals surface area contributed by atoms with Crippen LogP contribution in [0.25, 0.3) is 10.8 Å². The largest absolute Gasteiger partial charge is 0.336 e. The number of hydrogen-bond acceptors (Lipinski definition) is 3. The third-order valence-corrected chi connectivity index (χ3v) is 4.87. The molecule has 0 aliphatic carbocycles. The molecule has 0 radical (unpaired) electrons. The van der Waals surface area contributed by atoms with Gasteiger partial charge < -0.3 is 4.90 Å². The van der Waals surface area contributed by atoms with Crippen molar-refractivity contribution in [3.8, 4) is 0 Å². The summed E-state index contributed by atoms with van der Waals surface area (Å²) >= 11 is 6.22. The van der Waals surface area contributed by atoms with Crippen molar-refractivity contribution in [3.63, 3.8) is 0 Å². The van der Waals surface area contributed by atoms with Crippen LogP contribution < -0.4 is 5.56 Å². The molecule has 0 atom stereocenters. The van der Waals surface area contributed by atoms with Crippen molar-refractivity contribution in [1.29, 1.82) is 0 Å². The second kappa shape index (κ2) is 8.35. The Labute approximate surface area is 163 Å². The lowest BCUT2D eigenvalue weighted by molar-refractivity contribution is 0.0778. The van der Waals surface area contributed by atoms with Crippen molar-refractivity contribution in [2.75, 3.05) is 7.05 Å². The summed E-state index contributed by atoms with van der Waals surface area (Å²) in [4.78, 5) is 27.4. The Balaban J connectivity index is 2.01. The summed E-state index contributed by atoms with van der Waals surface area (Å²) in [6, 6.07) is 14.6. The average Bonchev–Trinajstić information content (AvgIpc) is 2.69. The van der Waals surface area contributed by atoms with Gasteiger partial charge in [-0.05, 0) is 24.1 Å². The number of nitrogens with zero attached hydrogens (tertiary/aromatic N) is 3. The third kappa shape index (κ3) is 4.03. The number of fused-ring (bicyclic) bond motifs is 1. The molecule has 1 amide bonds. The number of rotatable bonds is 6. The van der Waals surface area contributed by atoms with E-state index >= 15 is 0 Å². The number of aromatic nitrogens is 2. The Morgan fingerprint density at radius 1 is 1.11 bits per heavy atom. The van der Waals surface area contributed by atoms with Gasteiger partial charge in [-0.3, -0.25) is 9.59 Å². The molecular formula is C21H22ClN3O2. The molecule has 0 unspecified atom stereocenters. The summed E-state index contributed by atoms with van der Waals surface area (Å²) in [5.41, 5.74) is 0.985. The van der Waals surface area contributed by atoms with Crippen molar-refractivity contribution in [1.82, 2.24) is 14.7 Å². The number of carbonyl (C=O) groups is 1. The van der Waals surface area contributed by atoms with Crippen LogP contribution in [0.3, 0.4) is 0 Å². The Hall–Kier alpha value is -2.66. The fourth-order valence-corrected chi connectivity index (χ4v) is 3.18. The highest BCUT2D eigenvalue weighted by atomic mass is 35.5. The molecule has 0 bridgehead atoms. The highest BCUT2D eigenvalue weighted by molar-refractivity contribution is 6.31. The monoisotopic (exact) mass is 383 g/mol. The van der Waals surface area contributed by atoms with Crippen LogP contribution in [0.2, 0.25) is 5.02 Å². The second-order valence-corrected chi connectivity index (χ2v) is 6.94. The SMILES string of the molecule is CCCCn1nc(C(=O)N(C)Cc2ccccc2Cl)c2ccccc2c1=O. The minimum atomic E-state index is -0.239. The summed E-state index contributed by atoms with van der Waals surface area (Å²) < 4.78 is 1.41. The van der Waals surface area contributed by atoms with E-state index in [1.807, 2.05) is 24.3 Å². The van der Waals surface area contributed by atoms with Gasteiger partial charge in [-0.25, -0.2) is 4.68 Å². The van der Waals surface area contributed by atoms with Gasteiger partial charge in [0.1, 0.15) is 0 Å². The van der Waals surface area contributed by atoms with Crippen molar-refractivity contribution < 1.29 is 4.79 Å². The fraction of sp³-hybridized carbons (Fsp3) is 0.286. The smallest absolute Gasteiger partial charge is 0.274 e. The summed E-state index contributed by atoms with van der Waals surface area (Å²) in [6.07, 6.45) is 1.77. The van der Waals surface area contributed by atoms with Crippen LogP contribution in [0, 0.1) is 0 Å². The van der Waals surface area contributed by atoms with Gasteiger partial charge in [0, 0.05) is 30.5 Å². The van der Waals surface area contributed by atoms with E-state index in [9.17, 15) is 9.59 Å². The summed E-state index contributed by atoms with van der Waals surface area (Å²) in [5, 5.41) is 6.10. The van der Waals surface area contributed by atoms with E-state index in [0.29, 0.717) is 28.9 Å². The predicted molar refractivity (Wildman–Crippen MR) is 108 cm³/mol. The van der Waals surface area contributed by atoms with Gasteiger partial charge in [-0.2, -0.15) is 5.10 Å². The highest BCUT2D eigenvalue weighted by Gasteiger charge is 2.20. The lowest BCUT2D eigenvalue weighted by Crippen LogP contribution is -2.32. The van der Waals surface area contributed by atoms with E-state index in [1.165, 1.54) is 4.68 Å².